The lowest BCUT2D eigenvalue weighted by atomic mass is 10.1. The van der Waals surface area contributed by atoms with Crippen LogP contribution in [-0.4, -0.2) is 24.4 Å². The third-order valence-corrected chi connectivity index (χ3v) is 2.87. The average Bonchev–Trinajstić information content (AvgIpc) is 2.40. The summed E-state index contributed by atoms with van der Waals surface area (Å²) in [6.45, 7) is 6.14. The van der Waals surface area contributed by atoms with Gasteiger partial charge in [0.2, 0.25) is 5.91 Å². The van der Waals surface area contributed by atoms with E-state index in [-0.39, 0.29) is 11.8 Å². The van der Waals surface area contributed by atoms with Crippen LogP contribution in [0.1, 0.15) is 36.2 Å². The summed E-state index contributed by atoms with van der Waals surface area (Å²) in [4.78, 5) is 23.5. The van der Waals surface area contributed by atoms with Gasteiger partial charge in [0, 0.05) is 17.8 Å². The molecule has 0 radical (unpaired) electrons. The SMILES string of the molecule is CCNC(=O)c1ccc(C)c(NC(=O)[C@@H](N)CC)c1. The zero-order valence-corrected chi connectivity index (χ0v) is 11.6. The molecule has 0 aliphatic rings. The highest BCUT2D eigenvalue weighted by atomic mass is 16.2. The Kier molecular flexibility index (Phi) is 5.51. The van der Waals surface area contributed by atoms with Crippen LogP contribution in [0, 0.1) is 6.92 Å². The van der Waals surface area contributed by atoms with Gasteiger partial charge in [-0.3, -0.25) is 9.59 Å². The van der Waals surface area contributed by atoms with Crippen molar-refractivity contribution in [3.63, 3.8) is 0 Å². The molecular weight excluding hydrogens is 242 g/mol. The lowest BCUT2D eigenvalue weighted by Crippen LogP contribution is -2.35. The molecule has 0 heterocycles. The molecule has 0 saturated carbocycles. The molecule has 0 aliphatic carbocycles. The van der Waals surface area contributed by atoms with E-state index < -0.39 is 6.04 Å². The second-order valence-corrected chi connectivity index (χ2v) is 4.39. The van der Waals surface area contributed by atoms with E-state index in [2.05, 4.69) is 10.6 Å². The molecule has 0 unspecified atom stereocenters. The van der Waals surface area contributed by atoms with Crippen LogP contribution < -0.4 is 16.4 Å². The molecule has 19 heavy (non-hydrogen) atoms. The fourth-order valence-corrected chi connectivity index (χ4v) is 1.57. The molecule has 0 saturated heterocycles. The Balaban J connectivity index is 2.91. The molecule has 0 fully saturated rings. The van der Waals surface area contributed by atoms with Crippen molar-refractivity contribution in [1.29, 1.82) is 0 Å². The molecule has 1 rings (SSSR count). The number of anilines is 1. The van der Waals surface area contributed by atoms with Crippen molar-refractivity contribution in [2.24, 2.45) is 5.73 Å². The summed E-state index contributed by atoms with van der Waals surface area (Å²) < 4.78 is 0. The van der Waals surface area contributed by atoms with Crippen LogP contribution in [0.25, 0.3) is 0 Å². The van der Waals surface area contributed by atoms with Crippen molar-refractivity contribution in [3.05, 3.63) is 29.3 Å². The number of nitrogens with one attached hydrogen (secondary N) is 2. The number of nitrogens with two attached hydrogens (primary N) is 1. The first kappa shape index (κ1) is 15.2. The molecule has 1 atom stereocenters. The van der Waals surface area contributed by atoms with Crippen LogP contribution >= 0.6 is 0 Å². The van der Waals surface area contributed by atoms with Gasteiger partial charge < -0.3 is 16.4 Å². The number of benzene rings is 1. The van der Waals surface area contributed by atoms with E-state index in [1.54, 1.807) is 18.2 Å². The summed E-state index contributed by atoms with van der Waals surface area (Å²) in [5.74, 6) is -0.392. The van der Waals surface area contributed by atoms with Crippen LogP contribution in [-0.2, 0) is 4.79 Å². The van der Waals surface area contributed by atoms with Gasteiger partial charge in [0.05, 0.1) is 6.04 Å². The van der Waals surface area contributed by atoms with Crippen LogP contribution in [0.5, 0.6) is 0 Å². The Hall–Kier alpha value is -1.88. The Labute approximate surface area is 113 Å². The molecule has 0 bridgehead atoms. The van der Waals surface area contributed by atoms with Gasteiger partial charge in [-0.05, 0) is 38.0 Å². The van der Waals surface area contributed by atoms with Crippen molar-refractivity contribution in [2.45, 2.75) is 33.2 Å². The first-order valence-electron chi connectivity index (χ1n) is 6.44. The van der Waals surface area contributed by atoms with Gasteiger partial charge in [-0.2, -0.15) is 0 Å². The summed E-state index contributed by atoms with van der Waals surface area (Å²) >= 11 is 0. The molecular formula is C14H21N3O2. The second-order valence-electron chi connectivity index (χ2n) is 4.39. The molecule has 5 nitrogen and oxygen atoms in total. The number of carbonyl (C=O) groups is 2. The fourth-order valence-electron chi connectivity index (χ4n) is 1.57. The predicted molar refractivity (Wildman–Crippen MR) is 76.1 cm³/mol. The maximum atomic E-state index is 11.8. The average molecular weight is 263 g/mol. The minimum atomic E-state index is -0.535. The molecule has 1 aromatic rings. The van der Waals surface area contributed by atoms with E-state index in [0.29, 0.717) is 24.2 Å². The highest BCUT2D eigenvalue weighted by Crippen LogP contribution is 2.17. The Morgan fingerprint density at radius 1 is 1.32 bits per heavy atom. The van der Waals surface area contributed by atoms with Crippen molar-refractivity contribution < 1.29 is 9.59 Å². The van der Waals surface area contributed by atoms with Crippen LogP contribution in [0.4, 0.5) is 5.69 Å². The van der Waals surface area contributed by atoms with Crippen molar-refractivity contribution in [2.75, 3.05) is 11.9 Å². The van der Waals surface area contributed by atoms with Gasteiger partial charge in [0.15, 0.2) is 0 Å². The molecule has 1 aromatic carbocycles. The molecule has 2 amide bonds. The van der Waals surface area contributed by atoms with Gasteiger partial charge in [-0.1, -0.05) is 13.0 Å². The second kappa shape index (κ2) is 6.89. The molecule has 104 valence electrons. The molecule has 0 spiro atoms. The molecule has 0 aromatic heterocycles. The van der Waals surface area contributed by atoms with Crippen molar-refractivity contribution in [1.82, 2.24) is 5.32 Å². The summed E-state index contributed by atoms with van der Waals surface area (Å²) in [5.41, 5.74) is 7.71. The van der Waals surface area contributed by atoms with Crippen molar-refractivity contribution in [3.8, 4) is 0 Å². The van der Waals surface area contributed by atoms with Gasteiger partial charge in [0.1, 0.15) is 0 Å². The highest BCUT2D eigenvalue weighted by Gasteiger charge is 2.13. The molecule has 4 N–H and O–H groups in total. The van der Waals surface area contributed by atoms with E-state index in [1.165, 1.54) is 0 Å². The number of carbonyl (C=O) groups excluding carboxylic acids is 2. The van der Waals surface area contributed by atoms with E-state index in [9.17, 15) is 9.59 Å². The number of hydrogen-bond donors (Lipinski definition) is 3. The summed E-state index contributed by atoms with van der Waals surface area (Å²) in [6, 6.07) is 4.67. The number of aryl methyl sites for hydroxylation is 1. The number of hydrogen-bond acceptors (Lipinski definition) is 3. The summed E-state index contributed by atoms with van der Waals surface area (Å²) in [6.07, 6.45) is 0.570. The molecule has 5 heteroatoms. The van der Waals surface area contributed by atoms with E-state index in [1.807, 2.05) is 20.8 Å². The highest BCUT2D eigenvalue weighted by molar-refractivity contribution is 5.99. The first-order valence-corrected chi connectivity index (χ1v) is 6.44. The zero-order valence-electron chi connectivity index (χ0n) is 11.6. The quantitative estimate of drug-likeness (QED) is 0.751. The number of rotatable bonds is 5. The Morgan fingerprint density at radius 2 is 2.00 bits per heavy atom. The van der Waals surface area contributed by atoms with E-state index in [0.717, 1.165) is 5.56 Å². The zero-order chi connectivity index (χ0) is 14.4. The minimum absolute atomic E-state index is 0.155. The van der Waals surface area contributed by atoms with E-state index in [4.69, 9.17) is 5.73 Å². The Bertz CT molecular complexity index is 472. The third-order valence-electron chi connectivity index (χ3n) is 2.87. The van der Waals surface area contributed by atoms with Crippen LogP contribution in [0.2, 0.25) is 0 Å². The van der Waals surface area contributed by atoms with Crippen molar-refractivity contribution >= 4 is 17.5 Å². The largest absolute Gasteiger partial charge is 0.352 e. The Morgan fingerprint density at radius 3 is 2.58 bits per heavy atom. The van der Waals surface area contributed by atoms with Crippen LogP contribution in [0.3, 0.4) is 0 Å². The van der Waals surface area contributed by atoms with Gasteiger partial charge in [0.25, 0.3) is 5.91 Å². The lowest BCUT2D eigenvalue weighted by molar-refractivity contribution is -0.117. The maximum absolute atomic E-state index is 11.8. The van der Waals surface area contributed by atoms with Crippen LogP contribution in [0.15, 0.2) is 18.2 Å². The smallest absolute Gasteiger partial charge is 0.251 e. The topological polar surface area (TPSA) is 84.2 Å². The summed E-state index contributed by atoms with van der Waals surface area (Å²) in [7, 11) is 0. The fraction of sp³-hybridized carbons (Fsp3) is 0.429. The normalized spacial score (nSPS) is 11.8. The van der Waals surface area contributed by atoms with Gasteiger partial charge in [-0.25, -0.2) is 0 Å². The lowest BCUT2D eigenvalue weighted by Gasteiger charge is -2.13. The number of amides is 2. The minimum Gasteiger partial charge on any atom is -0.352 e. The standard InChI is InChI=1S/C14H21N3O2/c1-4-11(15)14(19)17-12-8-10(7-6-9(12)3)13(18)16-5-2/h6-8,11H,4-5,15H2,1-3H3,(H,16,18)(H,17,19)/t11-/m0/s1. The van der Waals surface area contributed by atoms with E-state index >= 15 is 0 Å². The van der Waals surface area contributed by atoms with Gasteiger partial charge in [-0.15, -0.1) is 0 Å². The predicted octanol–water partition coefficient (Wildman–Crippen LogP) is 1.42. The summed E-state index contributed by atoms with van der Waals surface area (Å²) in [5, 5.41) is 5.47. The first-order chi connectivity index (χ1) is 8.99. The monoisotopic (exact) mass is 263 g/mol. The third kappa shape index (κ3) is 4.06. The van der Waals surface area contributed by atoms with Gasteiger partial charge >= 0.3 is 0 Å². The maximum Gasteiger partial charge on any atom is 0.251 e. The molecule has 0 aliphatic heterocycles.